The number of para-hydroxylation sites is 2. The van der Waals surface area contributed by atoms with Crippen LogP contribution >= 0.6 is 0 Å². The average molecular weight is 805 g/mol. The molecular formula is C60H40N2O. The van der Waals surface area contributed by atoms with Crippen LogP contribution in [0.2, 0.25) is 0 Å². The first-order valence-corrected chi connectivity index (χ1v) is 21.5. The van der Waals surface area contributed by atoms with Crippen LogP contribution in [0.5, 0.6) is 0 Å². The monoisotopic (exact) mass is 804 g/mol. The van der Waals surface area contributed by atoms with E-state index in [1.165, 1.54) is 38.2 Å². The summed E-state index contributed by atoms with van der Waals surface area (Å²) in [5, 5.41) is 9.29. The van der Waals surface area contributed by atoms with E-state index in [0.29, 0.717) is 0 Å². The smallest absolute Gasteiger partial charge is 0.160 e. The van der Waals surface area contributed by atoms with Gasteiger partial charge in [0.2, 0.25) is 0 Å². The Balaban J connectivity index is 1.06. The van der Waals surface area contributed by atoms with E-state index in [9.17, 15) is 0 Å². The lowest BCUT2D eigenvalue weighted by Crippen LogP contribution is -2.11. The molecule has 0 saturated carbocycles. The molecule has 11 aromatic carbocycles. The van der Waals surface area contributed by atoms with Gasteiger partial charge in [0, 0.05) is 38.9 Å². The molecule has 63 heavy (non-hydrogen) atoms. The van der Waals surface area contributed by atoms with E-state index in [2.05, 4.69) is 252 Å². The molecule has 1 aromatic heterocycles. The number of hydrogen-bond donors (Lipinski definition) is 0. The first kappa shape index (κ1) is 36.5. The van der Waals surface area contributed by atoms with Crippen molar-refractivity contribution in [1.82, 2.24) is 0 Å². The van der Waals surface area contributed by atoms with Crippen LogP contribution in [-0.4, -0.2) is 0 Å². The summed E-state index contributed by atoms with van der Waals surface area (Å²) in [7, 11) is 0. The molecule has 1 heterocycles. The van der Waals surface area contributed by atoms with Gasteiger partial charge in [-0.1, -0.05) is 176 Å². The molecule has 0 spiro atoms. The molecule has 12 rings (SSSR count). The van der Waals surface area contributed by atoms with E-state index in [-0.39, 0.29) is 0 Å². The summed E-state index contributed by atoms with van der Waals surface area (Å²) in [5.41, 5.74) is 12.8. The predicted molar refractivity (Wildman–Crippen MR) is 266 cm³/mol. The fourth-order valence-electron chi connectivity index (χ4n) is 9.50. The summed E-state index contributed by atoms with van der Waals surface area (Å²) in [6.07, 6.45) is 0. The highest BCUT2D eigenvalue weighted by molar-refractivity contribution is 6.29. The number of anilines is 6. The Morgan fingerprint density at radius 2 is 0.778 bits per heavy atom. The largest absolute Gasteiger partial charge is 0.454 e. The number of furan rings is 1. The van der Waals surface area contributed by atoms with Gasteiger partial charge in [0.15, 0.2) is 5.58 Å². The van der Waals surface area contributed by atoms with Crippen LogP contribution in [0.25, 0.3) is 76.5 Å². The number of nitrogens with zero attached hydrogens (tertiary/aromatic N) is 2. The molecule has 0 saturated heterocycles. The molecule has 0 aliphatic rings. The van der Waals surface area contributed by atoms with Gasteiger partial charge in [-0.25, -0.2) is 0 Å². The van der Waals surface area contributed by atoms with Gasteiger partial charge in [-0.15, -0.1) is 0 Å². The lowest BCUT2D eigenvalue weighted by molar-refractivity contribution is 0.669. The normalized spacial score (nSPS) is 11.5. The minimum absolute atomic E-state index is 0.859. The van der Waals surface area contributed by atoms with Gasteiger partial charge < -0.3 is 14.2 Å². The minimum Gasteiger partial charge on any atom is -0.454 e. The molecule has 3 nitrogen and oxygen atoms in total. The molecule has 0 bridgehead atoms. The first-order valence-electron chi connectivity index (χ1n) is 21.5. The summed E-state index contributed by atoms with van der Waals surface area (Å²) in [5.74, 6) is 0. The molecule has 0 fully saturated rings. The van der Waals surface area contributed by atoms with Crippen molar-refractivity contribution >= 4 is 88.4 Å². The van der Waals surface area contributed by atoms with E-state index < -0.39 is 0 Å². The molecule has 0 atom stereocenters. The highest BCUT2D eigenvalue weighted by Gasteiger charge is 2.25. The zero-order valence-corrected chi connectivity index (χ0v) is 34.4. The Morgan fingerprint density at radius 3 is 1.44 bits per heavy atom. The number of hydrogen-bond acceptors (Lipinski definition) is 3. The van der Waals surface area contributed by atoms with Gasteiger partial charge in [-0.05, 0) is 116 Å². The highest BCUT2D eigenvalue weighted by Crippen LogP contribution is 2.49. The van der Waals surface area contributed by atoms with Crippen molar-refractivity contribution in [2.24, 2.45) is 0 Å². The summed E-state index contributed by atoms with van der Waals surface area (Å²) in [6.45, 7) is 0. The third-order valence-corrected chi connectivity index (χ3v) is 12.4. The maximum Gasteiger partial charge on any atom is 0.160 e. The standard InChI is InChI=1S/C60H40N2O/c1-4-16-41(17-5-1)42-28-33-49(34-29-42)62(56-40-45-19-11-13-25-52(45)59-58-51-24-12-10-18-43(51)32-39-57(58)63-60(56)59)55-38-37-50(53-26-14-15-27-54(53)55)44-30-35-48(36-31-44)61(46-20-6-2-7-21-46)47-22-8-3-9-23-47/h1-40H. The van der Waals surface area contributed by atoms with Crippen molar-refractivity contribution in [1.29, 1.82) is 0 Å². The second-order valence-electron chi connectivity index (χ2n) is 16.1. The van der Waals surface area contributed by atoms with Crippen molar-refractivity contribution in [2.75, 3.05) is 9.80 Å². The summed E-state index contributed by atoms with van der Waals surface area (Å²) in [4.78, 5) is 4.71. The van der Waals surface area contributed by atoms with E-state index in [1.807, 2.05) is 0 Å². The van der Waals surface area contributed by atoms with Crippen LogP contribution in [0.15, 0.2) is 247 Å². The zero-order valence-electron chi connectivity index (χ0n) is 34.4. The highest BCUT2D eigenvalue weighted by atomic mass is 16.3. The third-order valence-electron chi connectivity index (χ3n) is 12.4. The van der Waals surface area contributed by atoms with E-state index in [0.717, 1.165) is 72.4 Å². The van der Waals surface area contributed by atoms with Crippen molar-refractivity contribution in [3.8, 4) is 22.3 Å². The Bertz CT molecular complexity index is 3560. The van der Waals surface area contributed by atoms with Crippen LogP contribution in [0.3, 0.4) is 0 Å². The van der Waals surface area contributed by atoms with Crippen LogP contribution < -0.4 is 9.80 Å². The van der Waals surface area contributed by atoms with Gasteiger partial charge in [0.05, 0.1) is 11.4 Å². The van der Waals surface area contributed by atoms with Gasteiger partial charge in [0.1, 0.15) is 5.58 Å². The summed E-state index contributed by atoms with van der Waals surface area (Å²) >= 11 is 0. The zero-order chi connectivity index (χ0) is 41.7. The maximum atomic E-state index is 7.07. The minimum atomic E-state index is 0.859. The Morgan fingerprint density at radius 1 is 0.286 bits per heavy atom. The maximum absolute atomic E-state index is 7.07. The molecule has 0 N–H and O–H groups in total. The second-order valence-corrected chi connectivity index (χ2v) is 16.1. The van der Waals surface area contributed by atoms with E-state index in [1.54, 1.807) is 0 Å². The number of fused-ring (bicyclic) bond motifs is 8. The molecule has 296 valence electrons. The second kappa shape index (κ2) is 15.3. The quantitative estimate of drug-likeness (QED) is 0.153. The van der Waals surface area contributed by atoms with Gasteiger partial charge in [-0.2, -0.15) is 0 Å². The molecule has 12 aromatic rings. The summed E-state index contributed by atoms with van der Waals surface area (Å²) in [6, 6.07) is 86.9. The summed E-state index contributed by atoms with van der Waals surface area (Å²) < 4.78 is 7.07. The molecule has 3 heteroatoms. The molecule has 0 radical (unpaired) electrons. The van der Waals surface area contributed by atoms with Crippen LogP contribution in [0.4, 0.5) is 34.1 Å². The molecular weight excluding hydrogens is 765 g/mol. The Labute approximate surface area is 365 Å². The third kappa shape index (κ3) is 6.29. The van der Waals surface area contributed by atoms with Crippen LogP contribution in [-0.2, 0) is 0 Å². The lowest BCUT2D eigenvalue weighted by atomic mass is 9.95. The number of rotatable bonds is 8. The average Bonchev–Trinajstić information content (AvgIpc) is 3.77. The molecule has 0 amide bonds. The van der Waals surface area contributed by atoms with Crippen molar-refractivity contribution < 1.29 is 4.42 Å². The van der Waals surface area contributed by atoms with Gasteiger partial charge in [-0.3, -0.25) is 0 Å². The lowest BCUT2D eigenvalue weighted by Gasteiger charge is -2.28. The first-order chi connectivity index (χ1) is 31.3. The molecule has 0 aliphatic heterocycles. The Kier molecular flexibility index (Phi) is 8.83. The van der Waals surface area contributed by atoms with Gasteiger partial charge in [0.25, 0.3) is 0 Å². The topological polar surface area (TPSA) is 19.6 Å². The van der Waals surface area contributed by atoms with Crippen molar-refractivity contribution in [3.05, 3.63) is 243 Å². The predicted octanol–water partition coefficient (Wildman–Crippen LogP) is 17.3. The van der Waals surface area contributed by atoms with E-state index in [4.69, 9.17) is 4.42 Å². The van der Waals surface area contributed by atoms with Crippen LogP contribution in [0.1, 0.15) is 0 Å². The van der Waals surface area contributed by atoms with E-state index >= 15 is 0 Å². The van der Waals surface area contributed by atoms with Gasteiger partial charge >= 0.3 is 0 Å². The SMILES string of the molecule is c1ccc(-c2ccc(N(c3ccc(-c4ccc(N(c5ccccc5)c5ccccc5)cc4)c4ccccc34)c3cc4ccccc4c4c3oc3ccc5ccccc5c34)cc2)cc1. The Hall–Kier alpha value is -8.40. The molecule has 0 unspecified atom stereocenters. The van der Waals surface area contributed by atoms with Crippen molar-refractivity contribution in [2.45, 2.75) is 0 Å². The fraction of sp³-hybridized carbons (Fsp3) is 0. The van der Waals surface area contributed by atoms with Crippen molar-refractivity contribution in [3.63, 3.8) is 0 Å². The number of benzene rings is 11. The molecule has 0 aliphatic carbocycles. The van der Waals surface area contributed by atoms with Crippen LogP contribution in [0, 0.1) is 0 Å². The fourth-order valence-corrected chi connectivity index (χ4v) is 9.50.